The summed E-state index contributed by atoms with van der Waals surface area (Å²) in [4.78, 5) is 36.5. The molecule has 10 atom stereocenters. The number of ether oxygens (including phenoxy) is 3. The molecule has 4 fully saturated rings. The van der Waals surface area contributed by atoms with Crippen molar-refractivity contribution in [1.82, 2.24) is 0 Å². The van der Waals surface area contributed by atoms with E-state index >= 15 is 0 Å². The van der Waals surface area contributed by atoms with Crippen LogP contribution < -0.4 is 0 Å². The van der Waals surface area contributed by atoms with Crippen LogP contribution in [0.5, 0.6) is 0 Å². The van der Waals surface area contributed by atoms with Crippen molar-refractivity contribution in [3.8, 4) is 0 Å². The smallest absolute Gasteiger partial charge is 0.331 e. The third kappa shape index (κ3) is 3.38. The zero-order valence-corrected chi connectivity index (χ0v) is 24.4. The van der Waals surface area contributed by atoms with E-state index in [0.29, 0.717) is 11.8 Å². The lowest BCUT2D eigenvalue weighted by Crippen LogP contribution is -2.67. The molecular weight excluding hydrogens is 484 g/mol. The SMILES string of the molecule is CC(=O)OC1CCC2(C)C(CCC3(C)C2CCC2C(O)(C4(C)C=CC(=O)O4)CC(OC(C)=O)C23C)C1(C)C. The van der Waals surface area contributed by atoms with Crippen LogP contribution in [0.3, 0.4) is 0 Å². The van der Waals surface area contributed by atoms with Crippen LogP contribution in [0.25, 0.3) is 0 Å². The predicted molar refractivity (Wildman–Crippen MR) is 141 cm³/mol. The van der Waals surface area contributed by atoms with Crippen LogP contribution in [-0.2, 0) is 28.6 Å². The number of cyclic esters (lactones) is 1. The first-order valence-corrected chi connectivity index (χ1v) is 14.4. The highest BCUT2D eigenvalue weighted by Gasteiger charge is 2.77. The van der Waals surface area contributed by atoms with Crippen molar-refractivity contribution >= 4 is 17.9 Å². The minimum Gasteiger partial charge on any atom is -0.462 e. The highest BCUT2D eigenvalue weighted by molar-refractivity contribution is 5.85. The van der Waals surface area contributed by atoms with Gasteiger partial charge in [-0.05, 0) is 74.2 Å². The second kappa shape index (κ2) is 8.31. The number of carbonyl (C=O) groups is 3. The highest BCUT2D eigenvalue weighted by Crippen LogP contribution is 2.77. The molecule has 5 rings (SSSR count). The van der Waals surface area contributed by atoms with Crippen LogP contribution in [0.2, 0.25) is 0 Å². The fourth-order valence-corrected chi connectivity index (χ4v) is 10.9. The van der Waals surface area contributed by atoms with E-state index in [0.717, 1.165) is 38.5 Å². The molecule has 1 N–H and O–H groups in total. The van der Waals surface area contributed by atoms with Crippen molar-refractivity contribution < 1.29 is 33.7 Å². The molecule has 0 aromatic heterocycles. The number of fused-ring (bicyclic) bond motifs is 5. The molecule has 5 aliphatic rings. The maximum Gasteiger partial charge on any atom is 0.331 e. The molecular formula is C31H46O7. The number of aliphatic hydroxyl groups is 1. The molecule has 0 amide bonds. The fourth-order valence-electron chi connectivity index (χ4n) is 10.9. The van der Waals surface area contributed by atoms with Gasteiger partial charge in [0.25, 0.3) is 0 Å². The fraction of sp³-hybridized carbons (Fsp3) is 0.839. The Hall–Kier alpha value is -1.89. The molecule has 1 aliphatic heterocycles. The first-order chi connectivity index (χ1) is 17.5. The van der Waals surface area contributed by atoms with Crippen molar-refractivity contribution in [3.63, 3.8) is 0 Å². The van der Waals surface area contributed by atoms with Gasteiger partial charge in [0.05, 0.1) is 0 Å². The molecule has 212 valence electrons. The minimum absolute atomic E-state index is 0.0201. The Kier molecular flexibility index (Phi) is 6.05. The molecule has 4 saturated carbocycles. The number of rotatable bonds is 3. The molecule has 0 bridgehead atoms. The van der Waals surface area contributed by atoms with Gasteiger partial charge in [0, 0.05) is 43.1 Å². The first-order valence-electron chi connectivity index (χ1n) is 14.4. The summed E-state index contributed by atoms with van der Waals surface area (Å²) in [6.07, 6.45) is 8.18. The minimum atomic E-state index is -1.34. The lowest BCUT2D eigenvalue weighted by Gasteiger charge is -2.70. The average Bonchev–Trinajstić information content (AvgIpc) is 3.26. The second-order valence-corrected chi connectivity index (χ2v) is 14.5. The van der Waals surface area contributed by atoms with E-state index in [9.17, 15) is 19.5 Å². The van der Waals surface area contributed by atoms with Crippen LogP contribution >= 0.6 is 0 Å². The topological polar surface area (TPSA) is 99.1 Å². The summed E-state index contributed by atoms with van der Waals surface area (Å²) in [5.41, 5.74) is -3.36. The third-order valence-electron chi connectivity index (χ3n) is 12.8. The standard InChI is InChI=1S/C31H46O7/c1-18(32)36-23-12-14-27(5)20(26(23,3)4)11-15-28(6)21(27)9-10-22-30(28,8)24(37-19(2)33)17-31(22,35)29(7)16-13-25(34)38-29/h13,16,20-24,35H,9-12,14-15,17H2,1-8H3. The first kappa shape index (κ1) is 27.7. The third-order valence-corrected chi connectivity index (χ3v) is 12.8. The maximum atomic E-state index is 12.4. The molecule has 7 heteroatoms. The predicted octanol–water partition coefficient (Wildman–Crippen LogP) is 5.13. The van der Waals surface area contributed by atoms with E-state index < -0.39 is 28.7 Å². The second-order valence-electron chi connectivity index (χ2n) is 14.5. The van der Waals surface area contributed by atoms with Crippen LogP contribution in [0.1, 0.15) is 100 Å². The van der Waals surface area contributed by atoms with Crippen molar-refractivity contribution in [2.24, 2.45) is 39.4 Å². The number of esters is 3. The Labute approximate surface area is 227 Å². The largest absolute Gasteiger partial charge is 0.462 e. The lowest BCUT2D eigenvalue weighted by atomic mass is 9.35. The van der Waals surface area contributed by atoms with E-state index in [1.807, 2.05) is 0 Å². The van der Waals surface area contributed by atoms with Gasteiger partial charge in [-0.2, -0.15) is 0 Å². The van der Waals surface area contributed by atoms with Crippen molar-refractivity contribution in [3.05, 3.63) is 12.2 Å². The van der Waals surface area contributed by atoms with Gasteiger partial charge in [0.1, 0.15) is 17.8 Å². The van der Waals surface area contributed by atoms with Crippen LogP contribution in [0, 0.1) is 39.4 Å². The molecule has 38 heavy (non-hydrogen) atoms. The van der Waals surface area contributed by atoms with E-state index in [-0.39, 0.29) is 46.6 Å². The van der Waals surface area contributed by atoms with Gasteiger partial charge in [0.15, 0.2) is 5.60 Å². The van der Waals surface area contributed by atoms with Gasteiger partial charge in [-0.25, -0.2) is 4.79 Å². The molecule has 0 radical (unpaired) electrons. The maximum absolute atomic E-state index is 12.4. The summed E-state index contributed by atoms with van der Waals surface area (Å²) < 4.78 is 17.7. The van der Waals surface area contributed by atoms with Gasteiger partial charge in [-0.1, -0.05) is 34.6 Å². The quantitative estimate of drug-likeness (QED) is 0.399. The summed E-state index contributed by atoms with van der Waals surface area (Å²) in [7, 11) is 0. The van der Waals surface area contributed by atoms with Crippen LogP contribution in [-0.4, -0.2) is 46.4 Å². The normalized spacial score (nSPS) is 50.9. The van der Waals surface area contributed by atoms with Gasteiger partial charge in [-0.15, -0.1) is 0 Å². The molecule has 10 unspecified atom stereocenters. The zero-order valence-electron chi connectivity index (χ0n) is 24.4. The summed E-state index contributed by atoms with van der Waals surface area (Å²) in [5.74, 6) is -0.482. The number of hydrogen-bond acceptors (Lipinski definition) is 7. The van der Waals surface area contributed by atoms with Crippen molar-refractivity contribution in [2.45, 2.75) is 124 Å². The monoisotopic (exact) mass is 530 g/mol. The number of carbonyl (C=O) groups excluding carboxylic acids is 3. The van der Waals surface area contributed by atoms with E-state index in [2.05, 4.69) is 34.6 Å². The zero-order chi connectivity index (χ0) is 28.1. The van der Waals surface area contributed by atoms with E-state index in [1.165, 1.54) is 19.9 Å². The summed E-state index contributed by atoms with van der Waals surface area (Å²) in [6, 6.07) is 0. The van der Waals surface area contributed by atoms with Gasteiger partial charge in [-0.3, -0.25) is 9.59 Å². The molecule has 0 spiro atoms. The Bertz CT molecular complexity index is 1080. The molecule has 1 heterocycles. The van der Waals surface area contributed by atoms with E-state index in [1.54, 1.807) is 13.0 Å². The highest BCUT2D eigenvalue weighted by atomic mass is 16.6. The Morgan fingerprint density at radius 1 is 0.868 bits per heavy atom. The molecule has 0 aromatic rings. The summed E-state index contributed by atoms with van der Waals surface area (Å²) in [6.45, 7) is 16.3. The van der Waals surface area contributed by atoms with Crippen molar-refractivity contribution in [2.75, 3.05) is 0 Å². The van der Waals surface area contributed by atoms with E-state index in [4.69, 9.17) is 14.2 Å². The molecule has 4 aliphatic carbocycles. The van der Waals surface area contributed by atoms with Crippen LogP contribution in [0.4, 0.5) is 0 Å². The Balaban J connectivity index is 1.57. The van der Waals surface area contributed by atoms with Crippen molar-refractivity contribution in [1.29, 1.82) is 0 Å². The average molecular weight is 531 g/mol. The lowest BCUT2D eigenvalue weighted by molar-refractivity contribution is -0.254. The number of hydrogen-bond donors (Lipinski definition) is 1. The summed E-state index contributed by atoms with van der Waals surface area (Å²) in [5, 5.41) is 12.4. The van der Waals surface area contributed by atoms with Gasteiger partial charge < -0.3 is 19.3 Å². The van der Waals surface area contributed by atoms with Gasteiger partial charge in [0.2, 0.25) is 0 Å². The molecule has 0 aromatic carbocycles. The molecule has 7 nitrogen and oxygen atoms in total. The summed E-state index contributed by atoms with van der Waals surface area (Å²) >= 11 is 0. The van der Waals surface area contributed by atoms with Crippen LogP contribution in [0.15, 0.2) is 12.2 Å². The molecule has 0 saturated heterocycles. The Morgan fingerprint density at radius 3 is 2.05 bits per heavy atom. The van der Waals surface area contributed by atoms with Gasteiger partial charge >= 0.3 is 17.9 Å². The Morgan fingerprint density at radius 2 is 1.47 bits per heavy atom.